The van der Waals surface area contributed by atoms with E-state index in [0.717, 1.165) is 6.29 Å². The molecule has 1 unspecified atom stereocenters. The molecule has 1 aromatic carbocycles. The molecule has 12 heavy (non-hydrogen) atoms. The van der Waals surface area contributed by atoms with Crippen molar-refractivity contribution in [1.29, 1.82) is 0 Å². The third-order valence-electron chi connectivity index (χ3n) is 1.78. The van der Waals surface area contributed by atoms with Gasteiger partial charge in [0, 0.05) is 4.90 Å². The van der Waals surface area contributed by atoms with Gasteiger partial charge in [-0.25, -0.2) is 0 Å². The number of rotatable bonds is 1. The largest absolute Gasteiger partial charge is 0.302 e. The van der Waals surface area contributed by atoms with Gasteiger partial charge < -0.3 is 4.79 Å². The highest BCUT2D eigenvalue weighted by molar-refractivity contribution is 8.00. The number of thioether (sulfide) groups is 1. The molecule has 0 saturated heterocycles. The predicted molar refractivity (Wildman–Crippen MR) is 51.2 cm³/mol. The summed E-state index contributed by atoms with van der Waals surface area (Å²) in [4.78, 5) is 11.7. The second kappa shape index (κ2) is 3.15. The van der Waals surface area contributed by atoms with E-state index in [0.29, 0.717) is 0 Å². The van der Waals surface area contributed by atoms with Crippen LogP contribution in [0.1, 0.15) is 5.56 Å². The molecule has 1 nitrogen and oxygen atoms in total. The zero-order valence-electron chi connectivity index (χ0n) is 6.44. The van der Waals surface area contributed by atoms with Crippen molar-refractivity contribution in [3.8, 4) is 0 Å². The van der Waals surface area contributed by atoms with Gasteiger partial charge in [0.2, 0.25) is 0 Å². The Morgan fingerprint density at radius 1 is 1.33 bits per heavy atom. The van der Waals surface area contributed by atoms with Crippen molar-refractivity contribution in [3.05, 3.63) is 35.9 Å². The van der Waals surface area contributed by atoms with E-state index >= 15 is 0 Å². The minimum absolute atomic E-state index is 0.0000926. The van der Waals surface area contributed by atoms with Crippen LogP contribution in [0.25, 0.3) is 6.08 Å². The molecule has 1 heterocycles. The molecule has 0 fully saturated rings. The molecule has 0 bridgehead atoms. The summed E-state index contributed by atoms with van der Waals surface area (Å²) in [6.45, 7) is 0. The Kier molecular flexibility index (Phi) is 2.00. The van der Waals surface area contributed by atoms with E-state index in [1.807, 2.05) is 30.4 Å². The molecule has 0 saturated carbocycles. The van der Waals surface area contributed by atoms with Crippen LogP contribution in [0, 0.1) is 0 Å². The lowest BCUT2D eigenvalue weighted by atomic mass is 10.2. The molecule has 0 N–H and O–H groups in total. The molecule has 0 aliphatic carbocycles. The lowest BCUT2D eigenvalue weighted by Crippen LogP contribution is -2.02. The quantitative estimate of drug-likeness (QED) is 0.611. The first-order valence-electron chi connectivity index (χ1n) is 3.79. The molecule has 2 rings (SSSR count). The molecule has 1 aliphatic heterocycles. The fraction of sp³-hybridized carbons (Fsp3) is 0.100. The smallest absolute Gasteiger partial charge is 0.137 e. The maximum atomic E-state index is 10.5. The van der Waals surface area contributed by atoms with Gasteiger partial charge in [0.15, 0.2) is 0 Å². The van der Waals surface area contributed by atoms with Gasteiger partial charge in [-0.15, -0.1) is 11.8 Å². The summed E-state index contributed by atoms with van der Waals surface area (Å²) in [7, 11) is 0. The van der Waals surface area contributed by atoms with E-state index in [1.165, 1.54) is 10.5 Å². The number of hydrogen-bond donors (Lipinski definition) is 0. The number of carbonyl (C=O) groups excluding carboxylic acids is 1. The highest BCUT2D eigenvalue weighted by Crippen LogP contribution is 2.31. The van der Waals surface area contributed by atoms with Crippen LogP contribution in [0.3, 0.4) is 0 Å². The average Bonchev–Trinajstić information content (AvgIpc) is 2.17. The average molecular weight is 176 g/mol. The number of aldehydes is 1. The lowest BCUT2D eigenvalue weighted by Gasteiger charge is -2.13. The molecule has 0 aromatic heterocycles. The molecule has 0 radical (unpaired) electrons. The summed E-state index contributed by atoms with van der Waals surface area (Å²) in [5.41, 5.74) is 1.21. The van der Waals surface area contributed by atoms with Gasteiger partial charge >= 0.3 is 0 Å². The van der Waals surface area contributed by atoms with E-state index < -0.39 is 0 Å². The van der Waals surface area contributed by atoms with Gasteiger partial charge in [0.25, 0.3) is 0 Å². The Morgan fingerprint density at radius 3 is 3.00 bits per heavy atom. The first kappa shape index (κ1) is 7.62. The number of carbonyl (C=O) groups is 1. The van der Waals surface area contributed by atoms with E-state index in [4.69, 9.17) is 0 Å². The normalized spacial score (nSPS) is 20.2. The molecule has 0 spiro atoms. The Labute approximate surface area is 75.5 Å². The summed E-state index contributed by atoms with van der Waals surface area (Å²) in [5, 5.41) is -0.0000926. The Balaban J connectivity index is 2.39. The van der Waals surface area contributed by atoms with E-state index in [-0.39, 0.29) is 5.25 Å². The van der Waals surface area contributed by atoms with Crippen molar-refractivity contribution in [2.75, 3.05) is 0 Å². The first-order valence-corrected chi connectivity index (χ1v) is 4.67. The molecule has 1 aliphatic rings. The third kappa shape index (κ3) is 1.30. The molecule has 0 amide bonds. The third-order valence-corrected chi connectivity index (χ3v) is 2.95. The standard InChI is InChI=1S/C10H8OS/c11-7-9-6-5-8-3-1-2-4-10(8)12-9/h1-7,9H. The predicted octanol–water partition coefficient (Wildman–Crippen LogP) is 2.37. The zero-order chi connectivity index (χ0) is 8.39. The molecule has 60 valence electrons. The maximum absolute atomic E-state index is 10.5. The second-order valence-electron chi connectivity index (χ2n) is 2.62. The Hall–Kier alpha value is -1.02. The Bertz CT molecular complexity index is 330. The van der Waals surface area contributed by atoms with E-state index in [2.05, 4.69) is 6.07 Å². The molecule has 1 atom stereocenters. The maximum Gasteiger partial charge on any atom is 0.137 e. The van der Waals surface area contributed by atoms with Crippen molar-refractivity contribution in [2.45, 2.75) is 10.1 Å². The summed E-state index contributed by atoms with van der Waals surface area (Å²) in [6.07, 6.45) is 4.90. The second-order valence-corrected chi connectivity index (χ2v) is 3.84. The molecular weight excluding hydrogens is 168 g/mol. The summed E-state index contributed by atoms with van der Waals surface area (Å²) >= 11 is 1.60. The summed E-state index contributed by atoms with van der Waals surface area (Å²) < 4.78 is 0. The first-order chi connectivity index (χ1) is 5.90. The minimum atomic E-state index is -0.0000926. The van der Waals surface area contributed by atoms with Gasteiger partial charge in [0.1, 0.15) is 6.29 Å². The minimum Gasteiger partial charge on any atom is -0.302 e. The fourth-order valence-corrected chi connectivity index (χ4v) is 2.12. The van der Waals surface area contributed by atoms with Gasteiger partial charge in [0.05, 0.1) is 5.25 Å². The van der Waals surface area contributed by atoms with Crippen molar-refractivity contribution in [2.24, 2.45) is 0 Å². The van der Waals surface area contributed by atoms with Crippen molar-refractivity contribution >= 4 is 24.1 Å². The summed E-state index contributed by atoms with van der Waals surface area (Å²) in [5.74, 6) is 0. The SMILES string of the molecule is O=CC1C=Cc2ccccc2S1. The van der Waals surface area contributed by atoms with Crippen LogP contribution in [-0.4, -0.2) is 11.5 Å². The van der Waals surface area contributed by atoms with Gasteiger partial charge in [-0.05, 0) is 11.6 Å². The summed E-state index contributed by atoms with van der Waals surface area (Å²) in [6, 6.07) is 8.09. The van der Waals surface area contributed by atoms with Gasteiger partial charge in [-0.2, -0.15) is 0 Å². The molecule has 1 aromatic rings. The fourth-order valence-electron chi connectivity index (χ4n) is 1.18. The van der Waals surface area contributed by atoms with Crippen molar-refractivity contribution in [3.63, 3.8) is 0 Å². The highest BCUT2D eigenvalue weighted by Gasteiger charge is 2.11. The number of hydrogen-bond acceptors (Lipinski definition) is 2. The lowest BCUT2D eigenvalue weighted by molar-refractivity contribution is -0.106. The van der Waals surface area contributed by atoms with Crippen LogP contribution < -0.4 is 0 Å². The molecule has 2 heteroatoms. The highest BCUT2D eigenvalue weighted by atomic mass is 32.2. The van der Waals surface area contributed by atoms with Crippen LogP contribution in [0.15, 0.2) is 35.2 Å². The van der Waals surface area contributed by atoms with Crippen LogP contribution in [0.5, 0.6) is 0 Å². The number of benzene rings is 1. The monoisotopic (exact) mass is 176 g/mol. The van der Waals surface area contributed by atoms with Crippen LogP contribution in [-0.2, 0) is 4.79 Å². The van der Waals surface area contributed by atoms with Crippen molar-refractivity contribution in [1.82, 2.24) is 0 Å². The number of fused-ring (bicyclic) bond motifs is 1. The van der Waals surface area contributed by atoms with Crippen LogP contribution in [0.2, 0.25) is 0 Å². The van der Waals surface area contributed by atoms with Crippen LogP contribution in [0.4, 0.5) is 0 Å². The Morgan fingerprint density at radius 2 is 2.17 bits per heavy atom. The topological polar surface area (TPSA) is 17.1 Å². The zero-order valence-corrected chi connectivity index (χ0v) is 7.25. The van der Waals surface area contributed by atoms with E-state index in [9.17, 15) is 4.79 Å². The van der Waals surface area contributed by atoms with Crippen molar-refractivity contribution < 1.29 is 4.79 Å². The van der Waals surface area contributed by atoms with Crippen LogP contribution >= 0.6 is 11.8 Å². The van der Waals surface area contributed by atoms with Gasteiger partial charge in [-0.1, -0.05) is 30.4 Å². The molecular formula is C10H8OS. The van der Waals surface area contributed by atoms with E-state index in [1.54, 1.807) is 11.8 Å². The van der Waals surface area contributed by atoms with Gasteiger partial charge in [-0.3, -0.25) is 0 Å².